The van der Waals surface area contributed by atoms with Crippen LogP contribution in [0.4, 0.5) is 0 Å². The maximum absolute atomic E-state index is 4.55. The second-order valence-corrected chi connectivity index (χ2v) is 6.26. The molecule has 1 saturated heterocycles. The molecule has 0 aliphatic carbocycles. The Labute approximate surface area is 109 Å². The topological polar surface area (TPSA) is 16.1 Å². The minimum absolute atomic E-state index is 0.807. The van der Waals surface area contributed by atoms with Gasteiger partial charge in [-0.2, -0.15) is 11.8 Å². The lowest BCUT2D eigenvalue weighted by atomic mass is 10.1. The molecule has 1 aromatic heterocycles. The van der Waals surface area contributed by atoms with Gasteiger partial charge in [-0.1, -0.05) is 13.0 Å². The van der Waals surface area contributed by atoms with Crippen molar-refractivity contribution in [1.82, 2.24) is 9.88 Å². The zero-order chi connectivity index (χ0) is 12.3. The van der Waals surface area contributed by atoms with Gasteiger partial charge in [-0.05, 0) is 37.1 Å². The van der Waals surface area contributed by atoms with Crippen LogP contribution in [0.3, 0.4) is 0 Å². The van der Waals surface area contributed by atoms with E-state index in [-0.39, 0.29) is 0 Å². The largest absolute Gasteiger partial charge is 0.298 e. The van der Waals surface area contributed by atoms with Crippen LogP contribution in [0.2, 0.25) is 0 Å². The molecule has 1 aliphatic rings. The quantitative estimate of drug-likeness (QED) is 0.803. The van der Waals surface area contributed by atoms with E-state index in [2.05, 4.69) is 54.5 Å². The molecule has 1 unspecified atom stereocenters. The van der Waals surface area contributed by atoms with Crippen LogP contribution in [-0.4, -0.2) is 34.5 Å². The summed E-state index contributed by atoms with van der Waals surface area (Å²) in [6.45, 7) is 10.0. The summed E-state index contributed by atoms with van der Waals surface area (Å²) in [4.78, 5) is 7.12. The van der Waals surface area contributed by atoms with E-state index in [1.165, 1.54) is 35.9 Å². The first-order chi connectivity index (χ1) is 8.15. The molecule has 94 valence electrons. The Morgan fingerprint density at radius 1 is 1.41 bits per heavy atom. The summed E-state index contributed by atoms with van der Waals surface area (Å²) in [5.74, 6) is 3.38. The van der Waals surface area contributed by atoms with Gasteiger partial charge in [0.2, 0.25) is 0 Å². The molecular formula is C14H22N2S. The van der Waals surface area contributed by atoms with Gasteiger partial charge >= 0.3 is 0 Å². The van der Waals surface area contributed by atoms with E-state index in [9.17, 15) is 0 Å². The van der Waals surface area contributed by atoms with Crippen molar-refractivity contribution in [3.63, 3.8) is 0 Å². The van der Waals surface area contributed by atoms with Crippen LogP contribution in [0.25, 0.3) is 0 Å². The Morgan fingerprint density at radius 3 is 3.00 bits per heavy atom. The Balaban J connectivity index is 2.03. The van der Waals surface area contributed by atoms with Crippen LogP contribution in [0.1, 0.15) is 23.9 Å². The summed E-state index contributed by atoms with van der Waals surface area (Å²) in [5, 5.41) is 0. The summed E-state index contributed by atoms with van der Waals surface area (Å²) in [7, 11) is 0. The molecule has 2 nitrogen and oxygen atoms in total. The average Bonchev–Trinajstić information content (AvgIpc) is 2.47. The Hall–Kier alpha value is -0.540. The van der Waals surface area contributed by atoms with Gasteiger partial charge in [-0.25, -0.2) is 0 Å². The summed E-state index contributed by atoms with van der Waals surface area (Å²) >= 11 is 2.09. The van der Waals surface area contributed by atoms with Crippen molar-refractivity contribution in [2.45, 2.75) is 27.3 Å². The smallest absolute Gasteiger partial charge is 0.0420 e. The predicted molar refractivity (Wildman–Crippen MR) is 75.5 cm³/mol. The van der Waals surface area contributed by atoms with Gasteiger partial charge in [0.1, 0.15) is 0 Å². The second-order valence-electron chi connectivity index (χ2n) is 5.11. The number of aryl methyl sites for hydroxylation is 2. The molecule has 0 radical (unpaired) electrons. The number of nitrogens with zero attached hydrogens (tertiary/aromatic N) is 2. The van der Waals surface area contributed by atoms with Gasteiger partial charge in [0.25, 0.3) is 0 Å². The maximum atomic E-state index is 4.55. The van der Waals surface area contributed by atoms with Gasteiger partial charge < -0.3 is 0 Å². The molecule has 2 rings (SSSR count). The fourth-order valence-corrected chi connectivity index (χ4v) is 3.39. The fourth-order valence-electron chi connectivity index (χ4n) is 2.33. The van der Waals surface area contributed by atoms with Crippen LogP contribution >= 0.6 is 11.8 Å². The maximum Gasteiger partial charge on any atom is 0.0420 e. The minimum atomic E-state index is 0.807. The van der Waals surface area contributed by atoms with Crippen molar-refractivity contribution in [1.29, 1.82) is 0 Å². The standard InChI is InChI=1S/C14H22N2S/c1-11-8-16(6-7-17-10-11)9-14-5-4-12(2)15-13(14)3/h4-5,11H,6-10H2,1-3H3. The SMILES string of the molecule is Cc1ccc(CN2CCSCC(C)C2)c(C)n1. The van der Waals surface area contributed by atoms with Gasteiger partial charge in [0.15, 0.2) is 0 Å². The number of thioether (sulfide) groups is 1. The molecule has 0 saturated carbocycles. The van der Waals surface area contributed by atoms with Crippen LogP contribution in [-0.2, 0) is 6.54 Å². The van der Waals surface area contributed by atoms with E-state index in [1.807, 2.05) is 0 Å². The van der Waals surface area contributed by atoms with Gasteiger partial charge in [0, 0.05) is 36.8 Å². The highest BCUT2D eigenvalue weighted by Crippen LogP contribution is 2.18. The molecule has 3 heteroatoms. The number of hydrogen-bond donors (Lipinski definition) is 0. The average molecular weight is 250 g/mol. The molecule has 17 heavy (non-hydrogen) atoms. The Morgan fingerprint density at radius 2 is 2.24 bits per heavy atom. The predicted octanol–water partition coefficient (Wildman–Crippen LogP) is 2.88. The van der Waals surface area contributed by atoms with Gasteiger partial charge in [-0.3, -0.25) is 9.88 Å². The minimum Gasteiger partial charge on any atom is -0.298 e. The van der Waals surface area contributed by atoms with Crippen molar-refractivity contribution in [3.8, 4) is 0 Å². The molecule has 0 N–H and O–H groups in total. The zero-order valence-corrected chi connectivity index (χ0v) is 11.9. The molecule has 0 spiro atoms. The van der Waals surface area contributed by atoms with Crippen molar-refractivity contribution in [2.24, 2.45) is 5.92 Å². The van der Waals surface area contributed by atoms with Crippen molar-refractivity contribution >= 4 is 11.8 Å². The molecule has 1 aliphatic heterocycles. The summed E-state index contributed by atoms with van der Waals surface area (Å²) in [6.07, 6.45) is 0. The monoisotopic (exact) mass is 250 g/mol. The lowest BCUT2D eigenvalue weighted by Gasteiger charge is -2.22. The first-order valence-corrected chi connectivity index (χ1v) is 7.54. The number of pyridine rings is 1. The lowest BCUT2D eigenvalue weighted by Crippen LogP contribution is -2.29. The molecule has 1 aromatic rings. The lowest BCUT2D eigenvalue weighted by molar-refractivity contribution is 0.256. The number of aromatic nitrogens is 1. The Kier molecular flexibility index (Phi) is 4.46. The number of hydrogen-bond acceptors (Lipinski definition) is 3. The molecule has 1 atom stereocenters. The van der Waals surface area contributed by atoms with E-state index < -0.39 is 0 Å². The summed E-state index contributed by atoms with van der Waals surface area (Å²) in [5.41, 5.74) is 3.69. The highest BCUT2D eigenvalue weighted by Gasteiger charge is 2.15. The van der Waals surface area contributed by atoms with E-state index in [0.29, 0.717) is 0 Å². The van der Waals surface area contributed by atoms with E-state index in [4.69, 9.17) is 0 Å². The van der Waals surface area contributed by atoms with Crippen LogP contribution in [0.15, 0.2) is 12.1 Å². The zero-order valence-electron chi connectivity index (χ0n) is 11.1. The second kappa shape index (κ2) is 5.87. The summed E-state index contributed by atoms with van der Waals surface area (Å²) in [6, 6.07) is 4.36. The van der Waals surface area contributed by atoms with Crippen molar-refractivity contribution < 1.29 is 0 Å². The van der Waals surface area contributed by atoms with E-state index >= 15 is 0 Å². The molecule has 0 amide bonds. The highest BCUT2D eigenvalue weighted by molar-refractivity contribution is 7.99. The van der Waals surface area contributed by atoms with Gasteiger partial charge in [0.05, 0.1) is 0 Å². The normalized spacial score (nSPS) is 22.4. The fraction of sp³-hybridized carbons (Fsp3) is 0.643. The molecule has 0 bridgehead atoms. The highest BCUT2D eigenvalue weighted by atomic mass is 32.2. The first kappa shape index (κ1) is 12.9. The van der Waals surface area contributed by atoms with Crippen LogP contribution < -0.4 is 0 Å². The number of rotatable bonds is 2. The van der Waals surface area contributed by atoms with Crippen LogP contribution in [0, 0.1) is 19.8 Å². The molecule has 0 aromatic carbocycles. The third kappa shape index (κ3) is 3.71. The molecule has 1 fully saturated rings. The molecule has 2 heterocycles. The van der Waals surface area contributed by atoms with Crippen molar-refractivity contribution in [3.05, 3.63) is 29.1 Å². The van der Waals surface area contributed by atoms with E-state index in [1.54, 1.807) is 0 Å². The third-order valence-electron chi connectivity index (χ3n) is 3.25. The molecular weight excluding hydrogens is 228 g/mol. The summed E-state index contributed by atoms with van der Waals surface area (Å²) < 4.78 is 0. The van der Waals surface area contributed by atoms with Crippen LogP contribution in [0.5, 0.6) is 0 Å². The Bertz CT molecular complexity index is 378. The first-order valence-electron chi connectivity index (χ1n) is 6.38. The van der Waals surface area contributed by atoms with Gasteiger partial charge in [-0.15, -0.1) is 0 Å². The third-order valence-corrected chi connectivity index (χ3v) is 4.53. The van der Waals surface area contributed by atoms with Crippen molar-refractivity contribution in [2.75, 3.05) is 24.6 Å². The van der Waals surface area contributed by atoms with E-state index in [0.717, 1.165) is 18.2 Å².